The summed E-state index contributed by atoms with van der Waals surface area (Å²) in [7, 11) is 0. The number of benzene rings is 1. The van der Waals surface area contributed by atoms with E-state index in [0.29, 0.717) is 28.4 Å². The Morgan fingerprint density at radius 2 is 2.00 bits per heavy atom. The average molecular weight is 427 g/mol. The molecule has 0 aliphatic carbocycles. The van der Waals surface area contributed by atoms with E-state index in [1.165, 1.54) is 11.8 Å². The third kappa shape index (κ3) is 3.79. The van der Waals surface area contributed by atoms with E-state index < -0.39 is 10.8 Å². The molecule has 0 radical (unpaired) electrons. The first kappa shape index (κ1) is 21.8. The van der Waals surface area contributed by atoms with Crippen molar-refractivity contribution in [1.29, 1.82) is 5.26 Å². The fraction of sp³-hybridized carbons (Fsp3) is 0.476. The summed E-state index contributed by atoms with van der Waals surface area (Å²) < 4.78 is 3.45. The van der Waals surface area contributed by atoms with Crippen LogP contribution >= 0.6 is 11.8 Å². The molecule has 1 amide bonds. The third-order valence-corrected chi connectivity index (χ3v) is 6.39. The lowest BCUT2D eigenvalue weighted by Gasteiger charge is -2.28. The summed E-state index contributed by atoms with van der Waals surface area (Å²) in [6.07, 6.45) is 0.782. The van der Waals surface area contributed by atoms with Crippen LogP contribution in [0.3, 0.4) is 0 Å². The molecule has 0 unspecified atom stereocenters. The predicted molar refractivity (Wildman–Crippen MR) is 117 cm³/mol. The number of amides is 1. The highest BCUT2D eigenvalue weighted by Gasteiger charge is 2.32. The fourth-order valence-corrected chi connectivity index (χ4v) is 3.96. The predicted octanol–water partition coefficient (Wildman–Crippen LogP) is 2.99. The topological polar surface area (TPSA) is 105 Å². The number of fused-ring (bicyclic) bond motifs is 3. The van der Waals surface area contributed by atoms with Crippen molar-refractivity contribution >= 4 is 34.3 Å². The SMILES string of the molecule is CCCn1c(=O)c2ccccc2n2c(S[C@H](C)C(=O)N[C@](C)(C#N)C(C)C)nnc12. The molecule has 0 aliphatic heterocycles. The number of carbonyl (C=O) groups is 1. The molecule has 2 atom stereocenters. The molecule has 3 aromatic rings. The van der Waals surface area contributed by atoms with E-state index in [2.05, 4.69) is 21.6 Å². The molecule has 8 nitrogen and oxygen atoms in total. The van der Waals surface area contributed by atoms with Gasteiger partial charge in [-0.25, -0.2) is 0 Å². The second kappa shape index (κ2) is 8.48. The van der Waals surface area contributed by atoms with Crippen LogP contribution in [0.5, 0.6) is 0 Å². The molecular formula is C21H26N6O2S. The van der Waals surface area contributed by atoms with Crippen molar-refractivity contribution in [2.24, 2.45) is 5.92 Å². The first-order chi connectivity index (χ1) is 14.2. The summed E-state index contributed by atoms with van der Waals surface area (Å²) in [5.74, 6) is 0.172. The number of rotatable bonds is 7. The van der Waals surface area contributed by atoms with E-state index in [1.807, 2.05) is 43.4 Å². The van der Waals surface area contributed by atoms with E-state index in [-0.39, 0.29) is 17.4 Å². The summed E-state index contributed by atoms with van der Waals surface area (Å²) in [5, 5.41) is 21.4. The summed E-state index contributed by atoms with van der Waals surface area (Å²) in [6, 6.07) is 9.51. The largest absolute Gasteiger partial charge is 0.337 e. The van der Waals surface area contributed by atoms with Gasteiger partial charge in [0.25, 0.3) is 5.56 Å². The number of nitriles is 1. The quantitative estimate of drug-likeness (QED) is 0.582. The first-order valence-electron chi connectivity index (χ1n) is 10.00. The summed E-state index contributed by atoms with van der Waals surface area (Å²) in [5.41, 5.74) is -0.349. The minimum Gasteiger partial charge on any atom is -0.337 e. The molecule has 0 fully saturated rings. The number of aryl methyl sites for hydroxylation is 1. The van der Waals surface area contributed by atoms with Gasteiger partial charge in [-0.05, 0) is 38.3 Å². The highest BCUT2D eigenvalue weighted by atomic mass is 32.2. The number of hydrogen-bond donors (Lipinski definition) is 1. The number of carbonyl (C=O) groups excluding carboxylic acids is 1. The van der Waals surface area contributed by atoms with Crippen LogP contribution in [-0.2, 0) is 11.3 Å². The summed E-state index contributed by atoms with van der Waals surface area (Å²) >= 11 is 1.25. The van der Waals surface area contributed by atoms with Gasteiger partial charge in [0.15, 0.2) is 5.16 Å². The summed E-state index contributed by atoms with van der Waals surface area (Å²) in [6.45, 7) is 9.80. The van der Waals surface area contributed by atoms with Gasteiger partial charge in [-0.3, -0.25) is 18.6 Å². The average Bonchev–Trinajstić information content (AvgIpc) is 3.14. The lowest BCUT2D eigenvalue weighted by molar-refractivity contribution is -0.121. The minimum absolute atomic E-state index is 0.0370. The number of nitrogens with zero attached hydrogens (tertiary/aromatic N) is 5. The molecule has 0 saturated carbocycles. The van der Waals surface area contributed by atoms with E-state index in [1.54, 1.807) is 24.5 Å². The van der Waals surface area contributed by atoms with Crippen molar-refractivity contribution in [2.45, 2.75) is 63.5 Å². The molecule has 2 aromatic heterocycles. The van der Waals surface area contributed by atoms with Crippen LogP contribution in [0.15, 0.2) is 34.2 Å². The number of thioether (sulfide) groups is 1. The lowest BCUT2D eigenvalue weighted by Crippen LogP contribution is -2.51. The second-order valence-electron chi connectivity index (χ2n) is 7.81. The fourth-order valence-electron chi connectivity index (χ4n) is 3.11. The Bertz CT molecular complexity index is 1190. The van der Waals surface area contributed by atoms with Crippen molar-refractivity contribution in [3.05, 3.63) is 34.6 Å². The van der Waals surface area contributed by atoms with E-state index in [9.17, 15) is 14.9 Å². The van der Waals surface area contributed by atoms with Crippen LogP contribution < -0.4 is 10.9 Å². The van der Waals surface area contributed by atoms with Crippen molar-refractivity contribution < 1.29 is 4.79 Å². The van der Waals surface area contributed by atoms with Gasteiger partial charge in [0.1, 0.15) is 5.54 Å². The normalized spacial score (nSPS) is 14.6. The van der Waals surface area contributed by atoms with Gasteiger partial charge in [0.2, 0.25) is 11.7 Å². The Labute approximate surface area is 179 Å². The Morgan fingerprint density at radius 1 is 1.30 bits per heavy atom. The second-order valence-corrected chi connectivity index (χ2v) is 9.12. The molecule has 0 spiro atoms. The lowest BCUT2D eigenvalue weighted by atomic mass is 9.90. The highest BCUT2D eigenvalue weighted by molar-refractivity contribution is 8.00. The molecule has 0 aliphatic rings. The number of nitrogens with one attached hydrogen (secondary N) is 1. The number of aromatic nitrogens is 4. The Kier molecular flexibility index (Phi) is 6.17. The molecule has 1 N–H and O–H groups in total. The molecule has 30 heavy (non-hydrogen) atoms. The van der Waals surface area contributed by atoms with Crippen molar-refractivity contribution in [3.63, 3.8) is 0 Å². The van der Waals surface area contributed by atoms with Crippen LogP contribution in [0.25, 0.3) is 16.7 Å². The molecular weight excluding hydrogens is 400 g/mol. The molecule has 9 heteroatoms. The maximum atomic E-state index is 12.9. The van der Waals surface area contributed by atoms with Gasteiger partial charge in [0.05, 0.1) is 22.2 Å². The first-order valence-corrected chi connectivity index (χ1v) is 10.9. The molecule has 3 rings (SSSR count). The zero-order chi connectivity index (χ0) is 22.1. The molecule has 1 aromatic carbocycles. The van der Waals surface area contributed by atoms with Crippen LogP contribution in [0.4, 0.5) is 0 Å². The summed E-state index contributed by atoms with van der Waals surface area (Å²) in [4.78, 5) is 25.7. The molecule has 2 heterocycles. The Balaban J connectivity index is 2.03. The molecule has 0 bridgehead atoms. The molecule has 158 valence electrons. The minimum atomic E-state index is -0.951. The van der Waals surface area contributed by atoms with Crippen molar-refractivity contribution in [2.75, 3.05) is 0 Å². The van der Waals surface area contributed by atoms with Gasteiger partial charge in [0, 0.05) is 6.54 Å². The zero-order valence-corrected chi connectivity index (χ0v) is 18.7. The van der Waals surface area contributed by atoms with Crippen molar-refractivity contribution in [1.82, 2.24) is 24.5 Å². The van der Waals surface area contributed by atoms with Crippen LogP contribution in [0.2, 0.25) is 0 Å². The highest BCUT2D eigenvalue weighted by Crippen LogP contribution is 2.26. The maximum Gasteiger partial charge on any atom is 0.262 e. The van der Waals surface area contributed by atoms with Crippen molar-refractivity contribution in [3.8, 4) is 6.07 Å². The van der Waals surface area contributed by atoms with Crippen LogP contribution in [-0.4, -0.2) is 35.9 Å². The number of hydrogen-bond acceptors (Lipinski definition) is 6. The monoisotopic (exact) mass is 426 g/mol. The Morgan fingerprint density at radius 3 is 2.63 bits per heavy atom. The van der Waals surface area contributed by atoms with Crippen LogP contribution in [0.1, 0.15) is 41.0 Å². The van der Waals surface area contributed by atoms with Gasteiger partial charge in [-0.2, -0.15) is 5.26 Å². The van der Waals surface area contributed by atoms with Gasteiger partial charge in [-0.1, -0.05) is 44.7 Å². The molecule has 0 saturated heterocycles. The Hall–Kier alpha value is -2.86. The zero-order valence-electron chi connectivity index (χ0n) is 17.8. The van der Waals surface area contributed by atoms with E-state index in [0.717, 1.165) is 6.42 Å². The van der Waals surface area contributed by atoms with Gasteiger partial charge < -0.3 is 5.32 Å². The maximum absolute atomic E-state index is 12.9. The van der Waals surface area contributed by atoms with Crippen LogP contribution in [0, 0.1) is 17.2 Å². The van der Waals surface area contributed by atoms with E-state index in [4.69, 9.17) is 0 Å². The van der Waals surface area contributed by atoms with Gasteiger partial charge >= 0.3 is 0 Å². The van der Waals surface area contributed by atoms with E-state index >= 15 is 0 Å². The third-order valence-electron chi connectivity index (χ3n) is 5.35. The number of para-hydroxylation sites is 1. The smallest absolute Gasteiger partial charge is 0.262 e. The standard InChI is InChI=1S/C21H26N6O2S/c1-6-11-26-18(29)15-9-7-8-10-16(15)27-19(26)24-25-20(27)30-14(4)17(28)23-21(5,12-22)13(2)3/h7-10,13-14H,6,11H2,1-5H3,(H,23,28)/t14-,21-/m1/s1. The van der Waals surface area contributed by atoms with Gasteiger partial charge in [-0.15, -0.1) is 10.2 Å².